The molecule has 0 radical (unpaired) electrons. The number of hydrogen-bond acceptors (Lipinski definition) is 6. The first-order valence-corrected chi connectivity index (χ1v) is 10.7. The summed E-state index contributed by atoms with van der Waals surface area (Å²) >= 11 is 4.33. The van der Waals surface area contributed by atoms with Crippen molar-refractivity contribution < 1.29 is 32.2 Å². The number of carbonyl (C=O) groups is 1. The Kier molecular flexibility index (Phi) is 11.7. The predicted molar refractivity (Wildman–Crippen MR) is 125 cm³/mol. The highest BCUT2D eigenvalue weighted by Gasteiger charge is 2.30. The maximum absolute atomic E-state index is 12.8. The Morgan fingerprint density at radius 2 is 1.91 bits per heavy atom. The summed E-state index contributed by atoms with van der Waals surface area (Å²) in [5, 5.41) is 7.00. The van der Waals surface area contributed by atoms with Gasteiger partial charge in [-0.3, -0.25) is 0 Å². The molecule has 0 atom stereocenters. The zero-order chi connectivity index (χ0) is 25.0. The van der Waals surface area contributed by atoms with Crippen molar-refractivity contribution in [3.05, 3.63) is 76.9 Å². The molecule has 1 N–H and O–H groups in total. The van der Waals surface area contributed by atoms with E-state index >= 15 is 0 Å². The Labute approximate surface area is 197 Å². The first-order chi connectivity index (χ1) is 15.7. The van der Waals surface area contributed by atoms with Crippen LogP contribution >= 0.6 is 12.6 Å². The number of benzene rings is 1. The van der Waals surface area contributed by atoms with Crippen LogP contribution in [0.3, 0.4) is 0 Å². The van der Waals surface area contributed by atoms with Crippen LogP contribution in [0.1, 0.15) is 36.8 Å². The van der Waals surface area contributed by atoms with E-state index in [0.717, 1.165) is 31.9 Å². The quantitative estimate of drug-likeness (QED) is 0.185. The number of ether oxygens (including phenoxy) is 1. The van der Waals surface area contributed by atoms with E-state index in [2.05, 4.69) is 24.2 Å². The van der Waals surface area contributed by atoms with Crippen LogP contribution in [0.5, 0.6) is 0 Å². The second-order valence-electron chi connectivity index (χ2n) is 6.67. The molecule has 1 aromatic heterocycles. The van der Waals surface area contributed by atoms with Crippen LogP contribution in [0, 0.1) is 6.92 Å². The zero-order valence-corrected chi connectivity index (χ0v) is 19.7. The molecule has 0 spiro atoms. The van der Waals surface area contributed by atoms with Crippen LogP contribution in [0.2, 0.25) is 0 Å². The van der Waals surface area contributed by atoms with Gasteiger partial charge in [-0.15, -0.1) is 0 Å². The average Bonchev–Trinajstić information content (AvgIpc) is 3.17. The Morgan fingerprint density at radius 3 is 2.42 bits per heavy atom. The van der Waals surface area contributed by atoms with Gasteiger partial charge in [0.25, 0.3) is 0 Å². The van der Waals surface area contributed by atoms with E-state index in [1.54, 1.807) is 13.0 Å². The molecule has 0 saturated heterocycles. The van der Waals surface area contributed by atoms with E-state index in [9.17, 15) is 18.0 Å². The zero-order valence-electron chi connectivity index (χ0n) is 18.8. The maximum atomic E-state index is 12.8. The number of aliphatic hydroxyl groups is 1. The number of aldehydes is 1. The van der Waals surface area contributed by atoms with Crippen LogP contribution in [-0.4, -0.2) is 29.2 Å². The number of allylic oxidation sites excluding steroid dienone is 3. The van der Waals surface area contributed by atoms with Crippen molar-refractivity contribution in [1.82, 2.24) is 4.98 Å². The third-order valence-electron chi connectivity index (χ3n) is 4.43. The van der Waals surface area contributed by atoms with E-state index in [4.69, 9.17) is 14.3 Å². The number of alkyl halides is 3. The molecular weight excluding hydrogens is 455 g/mol. The van der Waals surface area contributed by atoms with Gasteiger partial charge in [0.15, 0.2) is 0 Å². The highest BCUT2D eigenvalue weighted by Crippen LogP contribution is 2.31. The van der Waals surface area contributed by atoms with Gasteiger partial charge in [0.2, 0.25) is 5.89 Å². The lowest BCUT2D eigenvalue weighted by atomic mass is 10.1. The van der Waals surface area contributed by atoms with E-state index in [-0.39, 0.29) is 18.9 Å². The van der Waals surface area contributed by atoms with Gasteiger partial charge in [0.05, 0.1) is 5.56 Å². The van der Waals surface area contributed by atoms with Crippen molar-refractivity contribution in [3.8, 4) is 11.5 Å². The van der Waals surface area contributed by atoms with Crippen molar-refractivity contribution in [1.29, 1.82) is 0 Å². The number of thiol groups is 1. The number of rotatable bonds is 10. The molecule has 0 unspecified atom stereocenters. The van der Waals surface area contributed by atoms with Gasteiger partial charge in [0.1, 0.15) is 30.1 Å². The van der Waals surface area contributed by atoms with Crippen LogP contribution < -0.4 is 0 Å². The summed E-state index contributed by atoms with van der Waals surface area (Å²) in [4.78, 5) is 15.2. The maximum Gasteiger partial charge on any atom is 0.416 e. The first kappa shape index (κ1) is 28.3. The van der Waals surface area contributed by atoms with Crippen LogP contribution in [0.15, 0.2) is 64.3 Å². The molecule has 0 fully saturated rings. The summed E-state index contributed by atoms with van der Waals surface area (Å²) in [6.07, 6.45) is 1.03. The number of hydrogen-bond donors (Lipinski definition) is 2. The van der Waals surface area contributed by atoms with Crippen molar-refractivity contribution >= 4 is 18.9 Å². The molecule has 180 valence electrons. The topological polar surface area (TPSA) is 72.6 Å². The molecule has 1 aromatic carbocycles. The number of aliphatic hydroxyl groups excluding tert-OH is 1. The molecule has 1 heterocycles. The minimum absolute atomic E-state index is 0.0744. The van der Waals surface area contributed by atoms with Gasteiger partial charge in [-0.25, -0.2) is 4.98 Å². The Morgan fingerprint density at radius 1 is 1.27 bits per heavy atom. The molecule has 2 rings (SSSR count). The number of aromatic nitrogens is 1. The van der Waals surface area contributed by atoms with Crippen LogP contribution in [0.4, 0.5) is 13.2 Å². The number of oxazole rings is 1. The second-order valence-corrected chi connectivity index (χ2v) is 6.99. The molecule has 2 aromatic rings. The molecule has 0 amide bonds. The summed E-state index contributed by atoms with van der Waals surface area (Å²) in [6.45, 7) is 7.68. The normalized spacial score (nSPS) is 12.1. The minimum Gasteiger partial charge on any atom is -0.487 e. The Balaban J connectivity index is 0.00000265. The summed E-state index contributed by atoms with van der Waals surface area (Å²) in [5.74, 6) is 1.57. The third kappa shape index (κ3) is 8.25. The van der Waals surface area contributed by atoms with Crippen LogP contribution in [0.25, 0.3) is 11.5 Å². The van der Waals surface area contributed by atoms with Crippen molar-refractivity contribution in [2.75, 3.05) is 12.9 Å². The Bertz CT molecular complexity index is 977. The summed E-state index contributed by atoms with van der Waals surface area (Å²) in [6, 6.07) is 4.60. The lowest BCUT2D eigenvalue weighted by molar-refractivity contribution is -0.137. The molecule has 0 aliphatic carbocycles. The third-order valence-corrected chi connectivity index (χ3v) is 4.75. The van der Waals surface area contributed by atoms with Crippen molar-refractivity contribution in [2.45, 2.75) is 39.5 Å². The van der Waals surface area contributed by atoms with Crippen molar-refractivity contribution in [3.63, 3.8) is 0 Å². The van der Waals surface area contributed by atoms with Gasteiger partial charge in [-0.1, -0.05) is 19.6 Å². The SMILES string of the molecule is C=C(CC=O)/C(CS)=C(/C=C\CC)OCc1nc(-c2ccc(C(F)(F)F)cc2)oc1C.CO. The van der Waals surface area contributed by atoms with Gasteiger partial charge >= 0.3 is 6.18 Å². The molecular formula is C24H28F3NO4S. The standard InChI is InChI=1S/C23H24F3NO3S.CH4O/c1-4-5-6-21(19(14-31)15(2)11-12-28)29-13-20-16(3)30-22(27-20)17-7-9-18(10-8-17)23(24,25)26;1-2/h5-10,12,31H,2,4,11,13-14H2,1,3H3;2H,1H3/b6-5-,21-19-;. The highest BCUT2D eigenvalue weighted by atomic mass is 32.1. The lowest BCUT2D eigenvalue weighted by Crippen LogP contribution is -2.04. The monoisotopic (exact) mass is 483 g/mol. The van der Waals surface area contributed by atoms with Crippen molar-refractivity contribution in [2.24, 2.45) is 0 Å². The van der Waals surface area contributed by atoms with E-state index in [1.165, 1.54) is 12.1 Å². The largest absolute Gasteiger partial charge is 0.487 e. The second kappa shape index (κ2) is 13.7. The molecule has 0 saturated carbocycles. The van der Waals surface area contributed by atoms with E-state index in [0.29, 0.717) is 39.7 Å². The summed E-state index contributed by atoms with van der Waals surface area (Å²) in [5.41, 5.74) is 1.53. The smallest absolute Gasteiger partial charge is 0.416 e. The minimum atomic E-state index is -4.41. The number of aryl methyl sites for hydroxylation is 1. The van der Waals surface area contributed by atoms with Gasteiger partial charge in [-0.05, 0) is 49.3 Å². The molecule has 0 aliphatic rings. The van der Waals surface area contributed by atoms with Gasteiger partial charge < -0.3 is 19.1 Å². The highest BCUT2D eigenvalue weighted by molar-refractivity contribution is 7.80. The van der Waals surface area contributed by atoms with E-state index in [1.807, 2.05) is 13.0 Å². The van der Waals surface area contributed by atoms with Crippen LogP contribution in [-0.2, 0) is 22.3 Å². The lowest BCUT2D eigenvalue weighted by Gasteiger charge is -2.13. The fourth-order valence-electron chi connectivity index (χ4n) is 2.68. The number of halogens is 3. The molecule has 0 aliphatic heterocycles. The van der Waals surface area contributed by atoms with Gasteiger partial charge in [0, 0.05) is 30.4 Å². The average molecular weight is 484 g/mol. The summed E-state index contributed by atoms with van der Waals surface area (Å²) in [7, 11) is 1.00. The molecule has 33 heavy (non-hydrogen) atoms. The fourth-order valence-corrected chi connectivity index (χ4v) is 3.06. The molecule has 0 bridgehead atoms. The fraction of sp³-hybridized carbons (Fsp3) is 0.333. The Hall–Kier alpha value is -2.78. The van der Waals surface area contributed by atoms with Gasteiger partial charge in [-0.2, -0.15) is 25.8 Å². The first-order valence-electron chi connectivity index (χ1n) is 10.0. The van der Waals surface area contributed by atoms with E-state index < -0.39 is 11.7 Å². The summed E-state index contributed by atoms with van der Waals surface area (Å²) < 4.78 is 49.8. The molecule has 9 heteroatoms. The number of carbonyl (C=O) groups excluding carboxylic acids is 1. The number of nitrogens with zero attached hydrogens (tertiary/aromatic N) is 1. The predicted octanol–water partition coefficient (Wildman–Crippen LogP) is 6.09. The molecule has 5 nitrogen and oxygen atoms in total.